The second kappa shape index (κ2) is 8.31. The van der Waals surface area contributed by atoms with Gasteiger partial charge in [-0.25, -0.2) is 9.37 Å². The minimum atomic E-state index is -0.249. The zero-order chi connectivity index (χ0) is 19.3. The quantitative estimate of drug-likeness (QED) is 0.718. The molecular formula is C23H22FN3O. The van der Waals surface area contributed by atoms with Crippen LogP contribution in [-0.4, -0.2) is 22.3 Å². The lowest BCUT2D eigenvalue weighted by Crippen LogP contribution is -2.27. The molecule has 2 heterocycles. The summed E-state index contributed by atoms with van der Waals surface area (Å²) in [6, 6.07) is 22.3. The number of hydrogen-bond acceptors (Lipinski definition) is 3. The maximum absolute atomic E-state index is 13.4. The predicted molar refractivity (Wildman–Crippen MR) is 107 cm³/mol. The largest absolute Gasteiger partial charge is 0.310 e. The van der Waals surface area contributed by atoms with E-state index in [1.807, 2.05) is 42.5 Å². The average Bonchev–Trinajstić information content (AvgIpc) is 3.14. The summed E-state index contributed by atoms with van der Waals surface area (Å²) in [6.07, 6.45) is 2.35. The summed E-state index contributed by atoms with van der Waals surface area (Å²) >= 11 is 0. The van der Waals surface area contributed by atoms with E-state index in [1.54, 1.807) is 12.3 Å². The van der Waals surface area contributed by atoms with Gasteiger partial charge in [-0.1, -0.05) is 48.5 Å². The number of hydrogen-bond donors (Lipinski definition) is 1. The standard InChI is InChI=1S/C23H22FN3O/c24-20-11-9-18(10-12-20)21-14-19(23(28)26-22-8-4-5-13-25-22)16-27(21)15-17-6-2-1-3-7-17/h1-13,19,21H,14-16H2,(H,25,26,28)/t19-,21+/m1/s1. The normalized spacial score (nSPS) is 19.5. The Kier molecular flexibility index (Phi) is 5.44. The summed E-state index contributed by atoms with van der Waals surface area (Å²) in [4.78, 5) is 19.3. The molecule has 5 heteroatoms. The fourth-order valence-electron chi connectivity index (χ4n) is 3.78. The number of nitrogens with one attached hydrogen (secondary N) is 1. The molecule has 1 aliphatic rings. The lowest BCUT2D eigenvalue weighted by molar-refractivity contribution is -0.119. The van der Waals surface area contributed by atoms with Crippen LogP contribution in [0.15, 0.2) is 79.0 Å². The number of benzene rings is 2. The Morgan fingerprint density at radius 2 is 1.79 bits per heavy atom. The van der Waals surface area contributed by atoms with Crippen molar-refractivity contribution in [2.75, 3.05) is 11.9 Å². The van der Waals surface area contributed by atoms with Crippen molar-refractivity contribution < 1.29 is 9.18 Å². The number of carbonyl (C=O) groups excluding carboxylic acids is 1. The van der Waals surface area contributed by atoms with Crippen LogP contribution in [0.4, 0.5) is 10.2 Å². The summed E-state index contributed by atoms with van der Waals surface area (Å²) in [5.41, 5.74) is 2.23. The van der Waals surface area contributed by atoms with Crippen LogP contribution in [0.25, 0.3) is 0 Å². The molecule has 1 amide bonds. The Balaban J connectivity index is 1.53. The van der Waals surface area contributed by atoms with Gasteiger partial charge in [0.15, 0.2) is 0 Å². The van der Waals surface area contributed by atoms with Crippen molar-refractivity contribution in [2.45, 2.75) is 19.0 Å². The molecule has 1 aliphatic heterocycles. The highest BCUT2D eigenvalue weighted by Crippen LogP contribution is 2.37. The summed E-state index contributed by atoms with van der Waals surface area (Å²) < 4.78 is 13.4. The van der Waals surface area contributed by atoms with Crippen LogP contribution in [0.2, 0.25) is 0 Å². The smallest absolute Gasteiger partial charge is 0.230 e. The van der Waals surface area contributed by atoms with Crippen molar-refractivity contribution in [1.29, 1.82) is 0 Å². The van der Waals surface area contributed by atoms with Gasteiger partial charge in [0.2, 0.25) is 5.91 Å². The van der Waals surface area contributed by atoms with Gasteiger partial charge in [0.05, 0.1) is 5.92 Å². The van der Waals surface area contributed by atoms with Gasteiger partial charge in [0.1, 0.15) is 11.6 Å². The average molecular weight is 375 g/mol. The first-order valence-corrected chi connectivity index (χ1v) is 9.44. The second-order valence-corrected chi connectivity index (χ2v) is 7.12. The molecule has 0 aliphatic carbocycles. The SMILES string of the molecule is O=C(Nc1ccccn1)[C@@H]1C[C@@H](c2ccc(F)cc2)N(Cc2ccccc2)C1. The molecule has 0 saturated carbocycles. The molecule has 142 valence electrons. The van der Waals surface area contributed by atoms with Crippen LogP contribution < -0.4 is 5.32 Å². The minimum absolute atomic E-state index is 0.0265. The third-order valence-corrected chi connectivity index (χ3v) is 5.17. The highest BCUT2D eigenvalue weighted by molar-refractivity contribution is 5.92. The summed E-state index contributed by atoms with van der Waals surface area (Å²) in [7, 11) is 0. The topological polar surface area (TPSA) is 45.2 Å². The van der Waals surface area contributed by atoms with E-state index in [0.717, 1.165) is 12.1 Å². The van der Waals surface area contributed by atoms with Crippen molar-refractivity contribution in [3.63, 3.8) is 0 Å². The molecule has 1 aromatic heterocycles. The van der Waals surface area contributed by atoms with Crippen LogP contribution in [0.5, 0.6) is 0 Å². The Hall–Kier alpha value is -3.05. The first-order chi connectivity index (χ1) is 13.7. The fourth-order valence-corrected chi connectivity index (χ4v) is 3.78. The molecule has 1 saturated heterocycles. The van der Waals surface area contributed by atoms with Crippen LogP contribution in [-0.2, 0) is 11.3 Å². The van der Waals surface area contributed by atoms with Gasteiger partial charge in [-0.05, 0) is 41.8 Å². The molecule has 0 spiro atoms. The summed E-state index contributed by atoms with van der Waals surface area (Å²) in [5.74, 6) is 0.135. The number of rotatable bonds is 5. The van der Waals surface area contributed by atoms with Crippen molar-refractivity contribution in [1.82, 2.24) is 9.88 Å². The van der Waals surface area contributed by atoms with Crippen molar-refractivity contribution >= 4 is 11.7 Å². The van der Waals surface area contributed by atoms with Crippen molar-refractivity contribution in [3.05, 3.63) is 95.9 Å². The summed E-state index contributed by atoms with van der Waals surface area (Å²) in [5, 5.41) is 2.91. The van der Waals surface area contributed by atoms with Gasteiger partial charge in [0, 0.05) is 25.3 Å². The van der Waals surface area contributed by atoms with Gasteiger partial charge in [-0.15, -0.1) is 0 Å². The van der Waals surface area contributed by atoms with E-state index in [1.165, 1.54) is 17.7 Å². The number of aromatic nitrogens is 1. The number of carbonyl (C=O) groups is 1. The Morgan fingerprint density at radius 3 is 2.50 bits per heavy atom. The molecular weight excluding hydrogens is 353 g/mol. The number of halogens is 1. The van der Waals surface area contributed by atoms with Gasteiger partial charge in [-0.3, -0.25) is 9.69 Å². The van der Waals surface area contributed by atoms with Gasteiger partial charge in [-0.2, -0.15) is 0 Å². The van der Waals surface area contributed by atoms with Crippen molar-refractivity contribution in [3.8, 4) is 0 Å². The molecule has 0 unspecified atom stereocenters. The molecule has 3 aromatic rings. The Labute approximate surface area is 164 Å². The number of nitrogens with zero attached hydrogens (tertiary/aromatic N) is 2. The molecule has 2 aromatic carbocycles. The first-order valence-electron chi connectivity index (χ1n) is 9.44. The Bertz CT molecular complexity index is 916. The number of anilines is 1. The predicted octanol–water partition coefficient (Wildman–Crippen LogP) is 4.42. The zero-order valence-corrected chi connectivity index (χ0v) is 15.5. The lowest BCUT2D eigenvalue weighted by atomic mass is 9.99. The van der Waals surface area contributed by atoms with Crippen LogP contribution in [0, 0.1) is 11.7 Å². The molecule has 1 fully saturated rings. The highest BCUT2D eigenvalue weighted by atomic mass is 19.1. The van der Waals surface area contributed by atoms with E-state index >= 15 is 0 Å². The third-order valence-electron chi connectivity index (χ3n) is 5.17. The van der Waals surface area contributed by atoms with E-state index in [0.29, 0.717) is 18.8 Å². The number of likely N-dealkylation sites (tertiary alicyclic amines) is 1. The third kappa shape index (κ3) is 4.26. The molecule has 28 heavy (non-hydrogen) atoms. The van der Waals surface area contributed by atoms with Gasteiger partial charge in [0.25, 0.3) is 0 Å². The van der Waals surface area contributed by atoms with Crippen LogP contribution in [0.3, 0.4) is 0 Å². The Morgan fingerprint density at radius 1 is 1.04 bits per heavy atom. The van der Waals surface area contributed by atoms with E-state index < -0.39 is 0 Å². The molecule has 1 N–H and O–H groups in total. The van der Waals surface area contributed by atoms with Crippen molar-refractivity contribution in [2.24, 2.45) is 5.92 Å². The maximum Gasteiger partial charge on any atom is 0.230 e. The van der Waals surface area contributed by atoms with Gasteiger partial charge >= 0.3 is 0 Å². The minimum Gasteiger partial charge on any atom is -0.310 e. The van der Waals surface area contributed by atoms with Crippen LogP contribution >= 0.6 is 0 Å². The molecule has 2 atom stereocenters. The monoisotopic (exact) mass is 375 g/mol. The zero-order valence-electron chi connectivity index (χ0n) is 15.5. The van der Waals surface area contributed by atoms with E-state index in [-0.39, 0.29) is 23.7 Å². The molecule has 4 nitrogen and oxygen atoms in total. The summed E-state index contributed by atoms with van der Waals surface area (Å²) in [6.45, 7) is 1.39. The maximum atomic E-state index is 13.4. The molecule has 0 radical (unpaired) electrons. The number of amides is 1. The van der Waals surface area contributed by atoms with E-state index in [9.17, 15) is 9.18 Å². The highest BCUT2D eigenvalue weighted by Gasteiger charge is 2.36. The van der Waals surface area contributed by atoms with E-state index in [4.69, 9.17) is 0 Å². The van der Waals surface area contributed by atoms with Crippen LogP contribution in [0.1, 0.15) is 23.6 Å². The van der Waals surface area contributed by atoms with E-state index in [2.05, 4.69) is 27.3 Å². The first kappa shape index (κ1) is 18.3. The fraction of sp³-hybridized carbons (Fsp3) is 0.217. The lowest BCUT2D eigenvalue weighted by Gasteiger charge is -2.24. The number of pyridine rings is 1. The van der Waals surface area contributed by atoms with Gasteiger partial charge < -0.3 is 5.32 Å². The second-order valence-electron chi connectivity index (χ2n) is 7.12. The molecule has 0 bridgehead atoms. The molecule has 4 rings (SSSR count).